The number of hydrogen-bond donors (Lipinski definition) is 1. The zero-order chi connectivity index (χ0) is 25.5. The van der Waals surface area contributed by atoms with Crippen molar-refractivity contribution in [3.63, 3.8) is 0 Å². The molecule has 1 unspecified atom stereocenters. The first kappa shape index (κ1) is 25.2. The number of carbonyl (C=O) groups is 2. The van der Waals surface area contributed by atoms with Crippen LogP contribution in [0.4, 0.5) is 11.4 Å². The third kappa shape index (κ3) is 6.40. The molecule has 3 aromatic rings. The highest BCUT2D eigenvalue weighted by atomic mass is 16.5. The van der Waals surface area contributed by atoms with Gasteiger partial charge in [0.1, 0.15) is 0 Å². The number of anilines is 2. The van der Waals surface area contributed by atoms with Crippen LogP contribution in [0, 0.1) is 5.92 Å². The Balaban J connectivity index is 1.58. The number of ether oxygens (including phenoxy) is 1. The van der Waals surface area contributed by atoms with E-state index in [0.29, 0.717) is 19.8 Å². The van der Waals surface area contributed by atoms with E-state index < -0.39 is 5.97 Å². The van der Waals surface area contributed by atoms with Gasteiger partial charge in [-0.25, -0.2) is 4.79 Å². The topological polar surface area (TPSA) is 70.1 Å². The van der Waals surface area contributed by atoms with Crippen LogP contribution < -0.4 is 9.80 Å². The Hall–Kier alpha value is -3.90. The highest BCUT2D eigenvalue weighted by molar-refractivity contribution is 5.95. The molecule has 0 bridgehead atoms. The number of carbonyl (C=O) groups excluding carboxylic acids is 1. The summed E-state index contributed by atoms with van der Waals surface area (Å²) in [5.74, 6) is -1.17. The molecular weight excluding hydrogens is 452 g/mol. The Bertz CT molecular complexity index is 1210. The fraction of sp³-hybridized carbons (Fsp3) is 0.267. The van der Waals surface area contributed by atoms with E-state index in [1.165, 1.54) is 6.08 Å². The lowest BCUT2D eigenvalue weighted by Crippen LogP contribution is -2.39. The maximum absolute atomic E-state index is 13.6. The second-order valence-corrected chi connectivity index (χ2v) is 9.24. The van der Waals surface area contributed by atoms with Crippen molar-refractivity contribution in [1.29, 1.82) is 0 Å². The summed E-state index contributed by atoms with van der Waals surface area (Å²) >= 11 is 0. The molecule has 0 saturated carbocycles. The van der Waals surface area contributed by atoms with E-state index in [1.807, 2.05) is 38.4 Å². The largest absolute Gasteiger partial charge is 0.478 e. The molecule has 0 aliphatic carbocycles. The van der Waals surface area contributed by atoms with Crippen LogP contribution in [-0.2, 0) is 20.9 Å². The second-order valence-electron chi connectivity index (χ2n) is 9.24. The molecule has 36 heavy (non-hydrogen) atoms. The van der Waals surface area contributed by atoms with Crippen molar-refractivity contribution in [2.45, 2.75) is 19.4 Å². The number of amides is 1. The standard InChI is InChI=1S/C30H32N2O4/c1-31(2)27-15-13-25(14-16-27)24-11-8-23(9-12-24)20-32(30(35)26-6-4-18-36-21-26)28-7-3-5-22(19-28)10-17-29(33)34/h3,5,7-17,19,26H,4,6,18,20-21H2,1-2H3,(H,33,34)/b17-10+. The number of nitrogens with zero attached hydrogens (tertiary/aromatic N) is 2. The van der Waals surface area contributed by atoms with Gasteiger partial charge in [0, 0.05) is 38.2 Å². The first-order valence-corrected chi connectivity index (χ1v) is 12.2. The van der Waals surface area contributed by atoms with Gasteiger partial charge in [0.25, 0.3) is 0 Å². The lowest BCUT2D eigenvalue weighted by atomic mass is 9.99. The van der Waals surface area contributed by atoms with Crippen LogP contribution in [0.2, 0.25) is 0 Å². The van der Waals surface area contributed by atoms with Crippen molar-refractivity contribution in [3.8, 4) is 11.1 Å². The van der Waals surface area contributed by atoms with Crippen LogP contribution in [0.25, 0.3) is 17.2 Å². The number of carboxylic acid groups (broad SMARTS) is 1. The number of benzene rings is 3. The van der Waals surface area contributed by atoms with E-state index in [0.717, 1.165) is 52.5 Å². The number of rotatable bonds is 8. The first-order valence-electron chi connectivity index (χ1n) is 12.2. The van der Waals surface area contributed by atoms with Gasteiger partial charge < -0.3 is 19.6 Å². The SMILES string of the molecule is CN(C)c1ccc(-c2ccc(CN(C(=O)C3CCCOC3)c3cccc(/C=C/C(=O)O)c3)cc2)cc1. The Morgan fingerprint density at radius 3 is 2.28 bits per heavy atom. The molecule has 4 rings (SSSR count). The molecule has 1 atom stereocenters. The van der Waals surface area contributed by atoms with Crippen LogP contribution in [0.1, 0.15) is 24.0 Å². The van der Waals surface area contributed by atoms with Crippen LogP contribution in [0.15, 0.2) is 78.9 Å². The summed E-state index contributed by atoms with van der Waals surface area (Å²) in [6, 6.07) is 24.1. The minimum atomic E-state index is -1.01. The third-order valence-corrected chi connectivity index (χ3v) is 6.39. The van der Waals surface area contributed by atoms with Crippen molar-refractivity contribution in [3.05, 3.63) is 90.0 Å². The lowest BCUT2D eigenvalue weighted by molar-refractivity contribution is -0.131. The normalized spacial score (nSPS) is 15.6. The number of carboxylic acids is 1. The molecule has 0 radical (unpaired) electrons. The van der Waals surface area contributed by atoms with Crippen molar-refractivity contribution in [2.75, 3.05) is 37.1 Å². The fourth-order valence-electron chi connectivity index (χ4n) is 4.35. The average molecular weight is 485 g/mol. The average Bonchev–Trinajstić information content (AvgIpc) is 2.91. The quantitative estimate of drug-likeness (QED) is 0.429. The zero-order valence-corrected chi connectivity index (χ0v) is 20.8. The molecular formula is C30H32N2O4. The molecule has 1 N–H and O–H groups in total. The lowest BCUT2D eigenvalue weighted by Gasteiger charge is -2.30. The predicted molar refractivity (Wildman–Crippen MR) is 144 cm³/mol. The highest BCUT2D eigenvalue weighted by Gasteiger charge is 2.28. The molecule has 1 aliphatic heterocycles. The summed E-state index contributed by atoms with van der Waals surface area (Å²) in [5, 5.41) is 8.98. The van der Waals surface area contributed by atoms with Crippen LogP contribution >= 0.6 is 0 Å². The minimum absolute atomic E-state index is 0.0254. The van der Waals surface area contributed by atoms with Crippen molar-refractivity contribution in [1.82, 2.24) is 0 Å². The van der Waals surface area contributed by atoms with Gasteiger partial charge in [-0.05, 0) is 65.4 Å². The fourth-order valence-corrected chi connectivity index (χ4v) is 4.35. The van der Waals surface area contributed by atoms with Crippen molar-refractivity contribution in [2.24, 2.45) is 5.92 Å². The van der Waals surface area contributed by atoms with Gasteiger partial charge in [-0.3, -0.25) is 4.79 Å². The first-order chi connectivity index (χ1) is 17.4. The molecule has 0 spiro atoms. The van der Waals surface area contributed by atoms with Gasteiger partial charge in [0.15, 0.2) is 0 Å². The van der Waals surface area contributed by atoms with Gasteiger partial charge in [0.05, 0.1) is 19.1 Å². The van der Waals surface area contributed by atoms with Crippen LogP contribution in [0.5, 0.6) is 0 Å². The molecule has 1 fully saturated rings. The van der Waals surface area contributed by atoms with Crippen molar-refractivity contribution >= 4 is 29.3 Å². The van der Waals surface area contributed by atoms with Gasteiger partial charge >= 0.3 is 5.97 Å². The maximum atomic E-state index is 13.6. The molecule has 1 amide bonds. The Morgan fingerprint density at radius 2 is 1.67 bits per heavy atom. The Kier molecular flexibility index (Phi) is 8.18. The van der Waals surface area contributed by atoms with E-state index in [9.17, 15) is 9.59 Å². The van der Waals surface area contributed by atoms with E-state index >= 15 is 0 Å². The molecule has 186 valence electrons. The third-order valence-electron chi connectivity index (χ3n) is 6.39. The molecule has 1 saturated heterocycles. The van der Waals surface area contributed by atoms with E-state index in [2.05, 4.69) is 53.4 Å². The summed E-state index contributed by atoms with van der Waals surface area (Å²) < 4.78 is 5.59. The predicted octanol–water partition coefficient (Wildman–Crippen LogP) is 5.48. The van der Waals surface area contributed by atoms with E-state index in [4.69, 9.17) is 9.84 Å². The maximum Gasteiger partial charge on any atom is 0.328 e. The zero-order valence-electron chi connectivity index (χ0n) is 20.8. The van der Waals surface area contributed by atoms with E-state index in [-0.39, 0.29) is 11.8 Å². The Labute approximate surface area is 212 Å². The summed E-state index contributed by atoms with van der Waals surface area (Å²) in [4.78, 5) is 28.4. The molecule has 6 nitrogen and oxygen atoms in total. The molecule has 1 aliphatic rings. The van der Waals surface area contributed by atoms with Gasteiger partial charge in [0.2, 0.25) is 5.91 Å². The smallest absolute Gasteiger partial charge is 0.328 e. The van der Waals surface area contributed by atoms with E-state index in [1.54, 1.807) is 4.90 Å². The molecule has 1 heterocycles. The summed E-state index contributed by atoms with van der Waals surface area (Å²) in [6.07, 6.45) is 4.31. The molecule has 6 heteroatoms. The van der Waals surface area contributed by atoms with Gasteiger partial charge in [-0.15, -0.1) is 0 Å². The van der Waals surface area contributed by atoms with Crippen LogP contribution in [0.3, 0.4) is 0 Å². The summed E-state index contributed by atoms with van der Waals surface area (Å²) in [6.45, 7) is 1.54. The number of hydrogen-bond acceptors (Lipinski definition) is 4. The minimum Gasteiger partial charge on any atom is -0.478 e. The molecule has 3 aromatic carbocycles. The van der Waals surface area contributed by atoms with Crippen molar-refractivity contribution < 1.29 is 19.4 Å². The monoisotopic (exact) mass is 484 g/mol. The highest BCUT2D eigenvalue weighted by Crippen LogP contribution is 2.27. The molecule has 0 aromatic heterocycles. The second kappa shape index (κ2) is 11.7. The summed E-state index contributed by atoms with van der Waals surface area (Å²) in [5.41, 5.74) is 5.88. The van der Waals surface area contributed by atoms with Gasteiger partial charge in [-0.2, -0.15) is 0 Å². The summed E-state index contributed by atoms with van der Waals surface area (Å²) in [7, 11) is 4.04. The number of aliphatic carboxylic acids is 1. The Morgan fingerprint density at radius 1 is 0.972 bits per heavy atom. The van der Waals surface area contributed by atoms with Gasteiger partial charge in [-0.1, -0.05) is 48.5 Å². The van der Waals surface area contributed by atoms with Crippen LogP contribution in [-0.4, -0.2) is 44.3 Å².